The first kappa shape index (κ1) is 28.7. The number of rotatable bonds is 12. The van der Waals surface area contributed by atoms with Crippen LogP contribution in [-0.2, 0) is 25.5 Å². The Morgan fingerprint density at radius 2 is 1.61 bits per heavy atom. The highest BCUT2D eigenvalue weighted by Gasteiger charge is 2.27. The van der Waals surface area contributed by atoms with Gasteiger partial charge < -0.3 is 34.6 Å². The molecule has 0 bridgehead atoms. The van der Waals surface area contributed by atoms with Crippen LogP contribution in [0.15, 0.2) is 18.2 Å². The first-order valence-corrected chi connectivity index (χ1v) is 12.0. The summed E-state index contributed by atoms with van der Waals surface area (Å²) in [7, 11) is 0. The van der Waals surface area contributed by atoms with E-state index in [-0.39, 0.29) is 23.5 Å². The Morgan fingerprint density at radius 3 is 2.19 bits per heavy atom. The molecular weight excluding hydrogens is 472 g/mol. The number of carbonyl (C=O) groups is 4. The summed E-state index contributed by atoms with van der Waals surface area (Å²) in [4.78, 5) is 47.7. The number of nitrogens with zero attached hydrogens (tertiary/aromatic N) is 1. The van der Waals surface area contributed by atoms with Gasteiger partial charge in [-0.1, -0.05) is 6.07 Å². The minimum atomic E-state index is -1.17. The molecule has 1 saturated heterocycles. The van der Waals surface area contributed by atoms with Crippen LogP contribution in [0.4, 0.5) is 4.79 Å². The molecule has 11 nitrogen and oxygen atoms in total. The largest absolute Gasteiger partial charge is 0.479 e. The third-order valence-electron chi connectivity index (χ3n) is 5.49. The van der Waals surface area contributed by atoms with Crippen LogP contribution in [-0.4, -0.2) is 77.5 Å². The monoisotopic (exact) mass is 508 g/mol. The van der Waals surface area contributed by atoms with Crippen LogP contribution in [0.2, 0.25) is 0 Å². The molecule has 1 heterocycles. The summed E-state index contributed by atoms with van der Waals surface area (Å²) in [6.07, 6.45) is 2.99. The maximum atomic E-state index is 12.3. The van der Waals surface area contributed by atoms with Gasteiger partial charge in [0, 0.05) is 26.1 Å². The van der Waals surface area contributed by atoms with Gasteiger partial charge in [0.05, 0.1) is 0 Å². The van der Waals surface area contributed by atoms with Gasteiger partial charge in [-0.2, -0.15) is 0 Å². The van der Waals surface area contributed by atoms with Gasteiger partial charge in [0.25, 0.3) is 0 Å². The number of benzene rings is 1. The van der Waals surface area contributed by atoms with E-state index in [0.717, 1.165) is 24.8 Å². The molecule has 0 radical (unpaired) electrons. The Kier molecular flexibility index (Phi) is 10.8. The summed E-state index contributed by atoms with van der Waals surface area (Å²) >= 11 is 0. The molecule has 0 spiro atoms. The Morgan fingerprint density at radius 1 is 1.00 bits per heavy atom. The zero-order valence-electron chi connectivity index (χ0n) is 21.1. The second-order valence-electron chi connectivity index (χ2n) is 9.70. The first-order valence-electron chi connectivity index (χ1n) is 12.0. The van der Waals surface area contributed by atoms with E-state index in [9.17, 15) is 19.2 Å². The van der Waals surface area contributed by atoms with Gasteiger partial charge in [0.2, 0.25) is 5.91 Å². The van der Waals surface area contributed by atoms with Crippen molar-refractivity contribution in [3.05, 3.63) is 23.8 Å². The van der Waals surface area contributed by atoms with Gasteiger partial charge >= 0.3 is 18.0 Å². The van der Waals surface area contributed by atoms with Crippen molar-refractivity contribution >= 4 is 23.9 Å². The molecule has 0 aromatic heterocycles. The number of amides is 2. The average Bonchev–Trinajstić information content (AvgIpc) is 2.79. The number of hydrogen-bond acceptors (Lipinski definition) is 7. The van der Waals surface area contributed by atoms with Crippen molar-refractivity contribution in [2.24, 2.45) is 5.92 Å². The molecule has 3 N–H and O–H groups in total. The molecule has 0 aliphatic carbocycles. The van der Waals surface area contributed by atoms with Crippen LogP contribution in [0.5, 0.6) is 11.5 Å². The number of hydrogen-bond donors (Lipinski definition) is 3. The number of carbonyl (C=O) groups excluding carboxylic acids is 2. The van der Waals surface area contributed by atoms with E-state index in [2.05, 4.69) is 5.32 Å². The fraction of sp³-hybridized carbons (Fsp3) is 0.600. The maximum Gasteiger partial charge on any atom is 0.410 e. The van der Waals surface area contributed by atoms with E-state index >= 15 is 0 Å². The van der Waals surface area contributed by atoms with E-state index in [4.69, 9.17) is 24.4 Å². The van der Waals surface area contributed by atoms with Crippen molar-refractivity contribution in [1.82, 2.24) is 10.2 Å². The van der Waals surface area contributed by atoms with Crippen LogP contribution in [0.3, 0.4) is 0 Å². The van der Waals surface area contributed by atoms with Gasteiger partial charge in [-0.15, -0.1) is 0 Å². The molecule has 0 atom stereocenters. The van der Waals surface area contributed by atoms with Crippen LogP contribution in [0.25, 0.3) is 0 Å². The number of piperidine rings is 1. The van der Waals surface area contributed by atoms with Crippen LogP contribution in [0.1, 0.15) is 52.0 Å². The highest BCUT2D eigenvalue weighted by atomic mass is 16.6. The van der Waals surface area contributed by atoms with Gasteiger partial charge in [-0.05, 0) is 70.1 Å². The lowest BCUT2D eigenvalue weighted by atomic mass is 9.92. The predicted molar refractivity (Wildman–Crippen MR) is 129 cm³/mol. The molecule has 0 saturated carbocycles. The summed E-state index contributed by atoms with van der Waals surface area (Å²) in [6.45, 7) is 5.97. The molecule has 1 aromatic rings. The smallest absolute Gasteiger partial charge is 0.410 e. The van der Waals surface area contributed by atoms with Crippen molar-refractivity contribution in [3.8, 4) is 11.5 Å². The fourth-order valence-corrected chi connectivity index (χ4v) is 3.72. The molecule has 200 valence electrons. The van der Waals surface area contributed by atoms with Gasteiger partial charge in [-0.25, -0.2) is 14.4 Å². The molecule has 2 rings (SSSR count). The zero-order chi connectivity index (χ0) is 26.7. The Hall–Kier alpha value is -3.50. The van der Waals surface area contributed by atoms with Gasteiger partial charge in [-0.3, -0.25) is 4.79 Å². The molecule has 2 amide bonds. The third kappa shape index (κ3) is 10.8. The van der Waals surface area contributed by atoms with E-state index in [0.29, 0.717) is 38.4 Å². The van der Waals surface area contributed by atoms with Crippen LogP contribution < -0.4 is 14.8 Å². The zero-order valence-corrected chi connectivity index (χ0v) is 21.1. The highest BCUT2D eigenvalue weighted by molar-refractivity contribution is 5.75. The minimum absolute atomic E-state index is 0.0617. The molecule has 11 heteroatoms. The number of likely N-dealkylation sites (tertiary alicyclic amines) is 1. The van der Waals surface area contributed by atoms with Crippen molar-refractivity contribution in [2.75, 3.05) is 32.8 Å². The maximum absolute atomic E-state index is 12.3. The Balaban J connectivity index is 1.74. The lowest BCUT2D eigenvalue weighted by molar-refractivity contribution is -0.140. The van der Waals surface area contributed by atoms with Crippen LogP contribution >= 0.6 is 0 Å². The molecule has 1 aromatic carbocycles. The molecule has 1 aliphatic heterocycles. The van der Waals surface area contributed by atoms with E-state index in [1.165, 1.54) is 6.07 Å². The SMILES string of the molecule is CC(C)(C)OC(=O)N1CCC(CCC(=O)NCCc2ccc(OCC(=O)O)c(OCC(=O)O)c2)CC1. The minimum Gasteiger partial charge on any atom is -0.479 e. The first-order chi connectivity index (χ1) is 16.9. The molecular formula is C25H36N2O9. The molecule has 0 unspecified atom stereocenters. The second kappa shape index (κ2) is 13.6. The lowest BCUT2D eigenvalue weighted by Crippen LogP contribution is -2.41. The number of nitrogens with one attached hydrogen (secondary N) is 1. The van der Waals surface area contributed by atoms with Crippen molar-refractivity contribution in [2.45, 2.75) is 58.5 Å². The van der Waals surface area contributed by atoms with Gasteiger partial charge in [0.15, 0.2) is 24.7 Å². The summed E-state index contributed by atoms with van der Waals surface area (Å²) in [5.41, 5.74) is 0.253. The van der Waals surface area contributed by atoms with E-state index in [1.54, 1.807) is 17.0 Å². The number of aliphatic carboxylic acids is 2. The van der Waals surface area contributed by atoms with Crippen LogP contribution in [0, 0.1) is 5.92 Å². The Labute approximate surface area is 210 Å². The lowest BCUT2D eigenvalue weighted by Gasteiger charge is -2.33. The third-order valence-corrected chi connectivity index (χ3v) is 5.49. The highest BCUT2D eigenvalue weighted by Crippen LogP contribution is 2.29. The second-order valence-corrected chi connectivity index (χ2v) is 9.70. The predicted octanol–water partition coefficient (Wildman–Crippen LogP) is 2.70. The number of carboxylic acid groups (broad SMARTS) is 2. The molecule has 1 fully saturated rings. The van der Waals surface area contributed by atoms with Crippen molar-refractivity contribution < 1.29 is 43.6 Å². The number of ether oxygens (including phenoxy) is 3. The van der Waals surface area contributed by atoms with Crippen molar-refractivity contribution in [1.29, 1.82) is 0 Å². The standard InChI is InChI=1S/C25H36N2O9/c1-25(2,3)36-24(33)27-12-9-17(10-13-27)5-7-21(28)26-11-8-18-4-6-19(34-15-22(29)30)20(14-18)35-16-23(31)32/h4,6,14,17H,5,7-13,15-16H2,1-3H3,(H,26,28)(H,29,30)(H,31,32). The summed E-state index contributed by atoms with van der Waals surface area (Å²) in [5.74, 6) is -1.77. The topological polar surface area (TPSA) is 152 Å². The van der Waals surface area contributed by atoms with Crippen molar-refractivity contribution in [3.63, 3.8) is 0 Å². The quantitative estimate of drug-likeness (QED) is 0.387. The van der Waals surface area contributed by atoms with E-state index in [1.807, 2.05) is 20.8 Å². The average molecular weight is 509 g/mol. The Bertz CT molecular complexity index is 919. The summed E-state index contributed by atoms with van der Waals surface area (Å²) in [6, 6.07) is 4.79. The fourth-order valence-electron chi connectivity index (χ4n) is 3.72. The number of carboxylic acids is 2. The van der Waals surface area contributed by atoms with Gasteiger partial charge in [0.1, 0.15) is 5.60 Å². The summed E-state index contributed by atoms with van der Waals surface area (Å²) < 4.78 is 15.8. The normalized spacial score (nSPS) is 14.1. The summed E-state index contributed by atoms with van der Waals surface area (Å²) in [5, 5.41) is 20.5. The molecule has 36 heavy (non-hydrogen) atoms. The molecule has 1 aliphatic rings. The van der Waals surface area contributed by atoms with E-state index < -0.39 is 30.8 Å².